The van der Waals surface area contributed by atoms with Gasteiger partial charge >= 0.3 is 0 Å². The molecule has 3 N–H and O–H groups in total. The number of amides is 1. The van der Waals surface area contributed by atoms with Gasteiger partial charge in [-0.25, -0.2) is 12.8 Å². The van der Waals surface area contributed by atoms with Gasteiger partial charge in [0.15, 0.2) is 0 Å². The van der Waals surface area contributed by atoms with Crippen LogP contribution in [0, 0.1) is 12.7 Å². The minimum Gasteiger partial charge on any atom is -0.354 e. The molecule has 4 rings (SSSR count). The average Bonchev–Trinajstić information content (AvgIpc) is 3.12. The van der Waals surface area contributed by atoms with Gasteiger partial charge in [-0.3, -0.25) is 9.52 Å². The molecule has 0 radical (unpaired) electrons. The van der Waals surface area contributed by atoms with Gasteiger partial charge in [-0.15, -0.1) is 0 Å². The average molecular weight is 466 g/mol. The first-order valence-corrected chi connectivity index (χ1v) is 12.3. The third-order valence-corrected chi connectivity index (χ3v) is 5.94. The maximum Gasteiger partial charge on any atom is 0.229 e. The number of halogens is 1. The van der Waals surface area contributed by atoms with Crippen molar-refractivity contribution in [2.45, 2.75) is 19.8 Å². The van der Waals surface area contributed by atoms with Crippen molar-refractivity contribution in [2.24, 2.45) is 0 Å². The molecule has 6 nitrogen and oxygen atoms in total. The van der Waals surface area contributed by atoms with Gasteiger partial charge in [0, 0.05) is 28.7 Å². The molecule has 0 saturated carbocycles. The van der Waals surface area contributed by atoms with Gasteiger partial charge < -0.3 is 10.3 Å². The normalized spacial score (nSPS) is 11.5. The summed E-state index contributed by atoms with van der Waals surface area (Å²) in [5, 5.41) is 3.57. The number of carbonyl (C=O) groups excluding carboxylic acids is 1. The highest BCUT2D eigenvalue weighted by Crippen LogP contribution is 2.32. The van der Waals surface area contributed by atoms with Crippen LogP contribution in [-0.4, -0.2) is 25.6 Å². The summed E-state index contributed by atoms with van der Waals surface area (Å²) in [5.74, 6) is -0.564. The lowest BCUT2D eigenvalue weighted by Crippen LogP contribution is -2.14. The van der Waals surface area contributed by atoms with Crippen molar-refractivity contribution in [3.63, 3.8) is 0 Å². The van der Waals surface area contributed by atoms with Crippen molar-refractivity contribution in [3.8, 4) is 11.3 Å². The number of hydrogen-bond donors (Lipinski definition) is 3. The van der Waals surface area contributed by atoms with Crippen LogP contribution in [0.15, 0.2) is 66.7 Å². The first-order chi connectivity index (χ1) is 15.7. The lowest BCUT2D eigenvalue weighted by atomic mass is 10.0. The molecule has 0 spiro atoms. The van der Waals surface area contributed by atoms with Crippen LogP contribution in [-0.2, 0) is 21.2 Å². The Kier molecular flexibility index (Phi) is 6.20. The molecule has 0 unspecified atom stereocenters. The molecular formula is C25H24FN3O3S. The van der Waals surface area contributed by atoms with E-state index in [0.29, 0.717) is 17.8 Å². The SMILES string of the molecule is Cc1ccc(NC(=O)CCc2c(-c3ccccc3)[nH]c3ccc(F)cc23)cc1NS(C)(=O)=O. The van der Waals surface area contributed by atoms with Crippen LogP contribution < -0.4 is 10.0 Å². The Morgan fingerprint density at radius 3 is 2.52 bits per heavy atom. The van der Waals surface area contributed by atoms with E-state index >= 15 is 0 Å². The van der Waals surface area contributed by atoms with E-state index in [1.807, 2.05) is 30.3 Å². The molecule has 0 aliphatic heterocycles. The van der Waals surface area contributed by atoms with Crippen LogP contribution in [0.25, 0.3) is 22.2 Å². The number of aromatic nitrogens is 1. The molecule has 1 aromatic heterocycles. The van der Waals surface area contributed by atoms with Gasteiger partial charge in [-0.1, -0.05) is 36.4 Å². The zero-order chi connectivity index (χ0) is 23.6. The number of nitrogens with one attached hydrogen (secondary N) is 3. The van der Waals surface area contributed by atoms with Crippen molar-refractivity contribution < 1.29 is 17.6 Å². The Balaban J connectivity index is 1.56. The fourth-order valence-corrected chi connectivity index (χ4v) is 4.42. The van der Waals surface area contributed by atoms with Gasteiger partial charge in [0.05, 0.1) is 11.9 Å². The van der Waals surface area contributed by atoms with Crippen LogP contribution in [0.1, 0.15) is 17.5 Å². The first-order valence-electron chi connectivity index (χ1n) is 10.4. The number of sulfonamides is 1. The molecule has 1 heterocycles. The predicted octanol–water partition coefficient (Wildman–Crippen LogP) is 5.23. The second-order valence-corrected chi connectivity index (χ2v) is 9.74. The molecule has 0 atom stereocenters. The van der Waals surface area contributed by atoms with E-state index in [1.54, 1.807) is 31.2 Å². The second kappa shape index (κ2) is 9.07. The summed E-state index contributed by atoms with van der Waals surface area (Å²) < 4.78 is 39.6. The van der Waals surface area contributed by atoms with E-state index < -0.39 is 10.0 Å². The summed E-state index contributed by atoms with van der Waals surface area (Å²) in [4.78, 5) is 16.1. The fourth-order valence-electron chi connectivity index (χ4n) is 3.80. The van der Waals surface area contributed by atoms with E-state index in [4.69, 9.17) is 0 Å². The minimum absolute atomic E-state index is 0.173. The molecule has 8 heteroatoms. The van der Waals surface area contributed by atoms with Gasteiger partial charge in [0.1, 0.15) is 5.82 Å². The van der Waals surface area contributed by atoms with Crippen LogP contribution in [0.5, 0.6) is 0 Å². The highest BCUT2D eigenvalue weighted by molar-refractivity contribution is 7.92. The fraction of sp³-hybridized carbons (Fsp3) is 0.160. The number of fused-ring (bicyclic) bond motifs is 1. The third-order valence-electron chi connectivity index (χ3n) is 5.35. The van der Waals surface area contributed by atoms with Gasteiger partial charge in [-0.05, 0) is 60.4 Å². The summed E-state index contributed by atoms with van der Waals surface area (Å²) in [6, 6.07) is 19.3. The van der Waals surface area contributed by atoms with Crippen LogP contribution in [0.3, 0.4) is 0 Å². The van der Waals surface area contributed by atoms with Crippen molar-refractivity contribution in [1.82, 2.24) is 4.98 Å². The quantitative estimate of drug-likeness (QED) is 0.349. The number of rotatable bonds is 7. The van der Waals surface area contributed by atoms with Gasteiger partial charge in [-0.2, -0.15) is 0 Å². The zero-order valence-corrected chi connectivity index (χ0v) is 19.1. The molecule has 170 valence electrons. The van der Waals surface area contributed by atoms with Crippen molar-refractivity contribution in [1.29, 1.82) is 0 Å². The Morgan fingerprint density at radius 1 is 1.03 bits per heavy atom. The number of H-pyrrole nitrogens is 1. The molecule has 3 aromatic carbocycles. The number of aryl methyl sites for hydroxylation is 2. The Labute approximate surface area is 191 Å². The zero-order valence-electron chi connectivity index (χ0n) is 18.3. The number of hydrogen-bond acceptors (Lipinski definition) is 3. The molecule has 33 heavy (non-hydrogen) atoms. The predicted molar refractivity (Wildman–Crippen MR) is 130 cm³/mol. The molecule has 0 saturated heterocycles. The minimum atomic E-state index is -3.44. The maximum atomic E-state index is 14.0. The number of aromatic amines is 1. The van der Waals surface area contributed by atoms with E-state index in [2.05, 4.69) is 15.0 Å². The summed E-state index contributed by atoms with van der Waals surface area (Å²) >= 11 is 0. The summed E-state index contributed by atoms with van der Waals surface area (Å²) in [5.41, 5.74) is 5.14. The lowest BCUT2D eigenvalue weighted by Gasteiger charge is -2.11. The van der Waals surface area contributed by atoms with E-state index in [9.17, 15) is 17.6 Å². The molecule has 1 amide bonds. The van der Waals surface area contributed by atoms with Crippen LogP contribution in [0.4, 0.5) is 15.8 Å². The first kappa shape index (κ1) is 22.5. The Morgan fingerprint density at radius 2 is 1.79 bits per heavy atom. The van der Waals surface area contributed by atoms with Gasteiger partial charge in [0.25, 0.3) is 0 Å². The topological polar surface area (TPSA) is 91.1 Å². The highest BCUT2D eigenvalue weighted by atomic mass is 32.2. The van der Waals surface area contributed by atoms with Gasteiger partial charge in [0.2, 0.25) is 15.9 Å². The van der Waals surface area contributed by atoms with Crippen LogP contribution in [0.2, 0.25) is 0 Å². The maximum absolute atomic E-state index is 14.0. The van der Waals surface area contributed by atoms with E-state index in [1.165, 1.54) is 12.1 Å². The Bertz CT molecular complexity index is 1430. The number of benzene rings is 3. The lowest BCUT2D eigenvalue weighted by molar-refractivity contribution is -0.116. The highest BCUT2D eigenvalue weighted by Gasteiger charge is 2.16. The van der Waals surface area contributed by atoms with Crippen LogP contribution >= 0.6 is 0 Å². The molecular weight excluding hydrogens is 441 g/mol. The van der Waals surface area contributed by atoms with Crippen molar-refractivity contribution in [3.05, 3.63) is 83.7 Å². The second-order valence-electron chi connectivity index (χ2n) is 7.99. The molecule has 0 bridgehead atoms. The van der Waals surface area contributed by atoms with Crippen molar-refractivity contribution >= 4 is 38.2 Å². The molecule has 0 fully saturated rings. The number of carbonyl (C=O) groups is 1. The molecule has 0 aliphatic rings. The molecule has 4 aromatic rings. The Hall–Kier alpha value is -3.65. The summed E-state index contributed by atoms with van der Waals surface area (Å²) in [6.07, 6.45) is 1.65. The largest absolute Gasteiger partial charge is 0.354 e. The van der Waals surface area contributed by atoms with E-state index in [0.717, 1.165) is 39.5 Å². The number of anilines is 2. The standard InChI is InChI=1S/C25H24FN3O3S/c1-16-8-10-19(15-23(16)29-33(2,31)32)27-24(30)13-11-20-21-14-18(26)9-12-22(21)28-25(20)17-6-4-3-5-7-17/h3-10,12,14-15,28-29H,11,13H2,1-2H3,(H,27,30). The van der Waals surface area contributed by atoms with E-state index in [-0.39, 0.29) is 18.1 Å². The van der Waals surface area contributed by atoms with Crippen molar-refractivity contribution in [2.75, 3.05) is 16.3 Å². The monoisotopic (exact) mass is 465 g/mol. The summed E-state index contributed by atoms with van der Waals surface area (Å²) in [7, 11) is -3.44. The third kappa shape index (κ3) is 5.40. The summed E-state index contributed by atoms with van der Waals surface area (Å²) in [6.45, 7) is 1.78. The smallest absolute Gasteiger partial charge is 0.229 e. The molecule has 0 aliphatic carbocycles.